The number of esters is 1. The first kappa shape index (κ1) is 26.9. The van der Waals surface area contributed by atoms with Gasteiger partial charge in [-0.1, -0.05) is 0 Å². The van der Waals surface area contributed by atoms with Crippen molar-refractivity contribution >= 4 is 23.4 Å². The molecule has 3 aliphatic rings. The fourth-order valence-electron chi connectivity index (χ4n) is 6.13. The lowest BCUT2D eigenvalue weighted by Gasteiger charge is -2.36. The zero-order valence-electron chi connectivity index (χ0n) is 23.7. The van der Waals surface area contributed by atoms with Crippen LogP contribution in [0.2, 0.25) is 0 Å². The second kappa shape index (κ2) is 11.3. The van der Waals surface area contributed by atoms with E-state index in [1.165, 1.54) is 19.3 Å². The fourth-order valence-corrected chi connectivity index (χ4v) is 6.13. The summed E-state index contributed by atoms with van der Waals surface area (Å²) in [6.45, 7) is 5.69. The number of methoxy groups -OCH3 is 1. The van der Waals surface area contributed by atoms with E-state index in [-0.39, 0.29) is 5.91 Å². The lowest BCUT2D eigenvalue weighted by atomic mass is 9.91. The molecule has 0 unspecified atom stereocenters. The Morgan fingerprint density at radius 2 is 2.00 bits per heavy atom. The number of carbonyl (C=O) groups excluding carboxylic acids is 2. The third-order valence-corrected chi connectivity index (χ3v) is 8.35. The van der Waals surface area contributed by atoms with Gasteiger partial charge in [-0.25, -0.2) is 9.78 Å². The van der Waals surface area contributed by atoms with Crippen LogP contribution in [0.1, 0.15) is 42.1 Å². The van der Waals surface area contributed by atoms with Gasteiger partial charge in [0.1, 0.15) is 12.4 Å². The molecule has 0 saturated carbocycles. The van der Waals surface area contributed by atoms with Gasteiger partial charge in [-0.3, -0.25) is 19.4 Å². The van der Waals surface area contributed by atoms with Crippen molar-refractivity contribution in [3.63, 3.8) is 0 Å². The number of pyridine rings is 2. The molecule has 214 valence electrons. The van der Waals surface area contributed by atoms with Gasteiger partial charge in [-0.05, 0) is 57.0 Å². The van der Waals surface area contributed by atoms with Crippen LogP contribution in [0.15, 0.2) is 42.9 Å². The van der Waals surface area contributed by atoms with E-state index in [1.807, 2.05) is 43.5 Å². The van der Waals surface area contributed by atoms with Crippen molar-refractivity contribution in [3.8, 4) is 16.9 Å². The van der Waals surface area contributed by atoms with Crippen LogP contribution in [0.5, 0.6) is 5.75 Å². The number of hydrogen-bond donors (Lipinski definition) is 1. The number of likely N-dealkylation sites (tertiary alicyclic amines) is 2. The highest BCUT2D eigenvalue weighted by Crippen LogP contribution is 2.40. The van der Waals surface area contributed by atoms with Gasteiger partial charge in [-0.15, -0.1) is 0 Å². The molecule has 1 amide bonds. The Bertz CT molecular complexity index is 1490. The van der Waals surface area contributed by atoms with Gasteiger partial charge in [0.25, 0.3) is 0 Å². The summed E-state index contributed by atoms with van der Waals surface area (Å²) < 4.78 is 12.7. The van der Waals surface area contributed by atoms with E-state index in [2.05, 4.69) is 31.1 Å². The summed E-state index contributed by atoms with van der Waals surface area (Å²) in [6, 6.07) is 4.46. The van der Waals surface area contributed by atoms with Gasteiger partial charge in [0.05, 0.1) is 24.7 Å². The summed E-state index contributed by atoms with van der Waals surface area (Å²) in [5, 5.41) is 7.87. The molecule has 11 heteroatoms. The highest BCUT2D eigenvalue weighted by atomic mass is 16.5. The number of piperidine rings is 1. The molecule has 1 N–H and O–H groups in total. The topological polar surface area (TPSA) is 115 Å². The second-order valence-corrected chi connectivity index (χ2v) is 10.9. The first-order valence-electron chi connectivity index (χ1n) is 14.1. The molecule has 3 aliphatic heterocycles. The molecule has 1 atom stereocenters. The van der Waals surface area contributed by atoms with Crippen molar-refractivity contribution in [2.45, 2.75) is 44.8 Å². The van der Waals surface area contributed by atoms with E-state index < -0.39 is 5.97 Å². The summed E-state index contributed by atoms with van der Waals surface area (Å²) in [6.07, 6.45) is 11.1. The van der Waals surface area contributed by atoms with Crippen LogP contribution < -0.4 is 10.1 Å². The Hall–Kier alpha value is -4.25. The van der Waals surface area contributed by atoms with Gasteiger partial charge < -0.3 is 19.7 Å². The minimum absolute atomic E-state index is 0.143. The monoisotopic (exact) mass is 557 g/mol. The van der Waals surface area contributed by atoms with Crippen molar-refractivity contribution in [2.24, 2.45) is 7.05 Å². The number of hydrogen-bond acceptors (Lipinski definition) is 9. The Kier molecular flexibility index (Phi) is 7.44. The summed E-state index contributed by atoms with van der Waals surface area (Å²) in [7, 11) is 3.21. The molecule has 6 heterocycles. The van der Waals surface area contributed by atoms with Gasteiger partial charge in [0.2, 0.25) is 5.91 Å². The minimum Gasteiger partial charge on any atom is -0.485 e. The molecular formula is C30H35N7O4. The number of aryl methyl sites for hydroxylation is 2. The number of nitrogens with zero attached hydrogens (tertiary/aromatic N) is 6. The van der Waals surface area contributed by atoms with Crippen molar-refractivity contribution < 1.29 is 19.1 Å². The maximum absolute atomic E-state index is 12.5. The van der Waals surface area contributed by atoms with E-state index in [1.54, 1.807) is 4.68 Å². The van der Waals surface area contributed by atoms with E-state index in [9.17, 15) is 9.59 Å². The summed E-state index contributed by atoms with van der Waals surface area (Å²) in [5.41, 5.74) is 5.91. The number of fused-ring (bicyclic) bond motifs is 2. The van der Waals surface area contributed by atoms with E-state index in [4.69, 9.17) is 9.72 Å². The molecule has 6 rings (SSSR count). The first-order valence-corrected chi connectivity index (χ1v) is 14.1. The summed E-state index contributed by atoms with van der Waals surface area (Å²) in [4.78, 5) is 37.7. The highest BCUT2D eigenvalue weighted by Gasteiger charge is 2.33. The number of carbonyl (C=O) groups is 2. The fraction of sp³-hybridized carbons (Fsp3) is 0.433. The molecule has 11 nitrogen and oxygen atoms in total. The highest BCUT2D eigenvalue weighted by molar-refractivity contribution is 5.94. The van der Waals surface area contributed by atoms with Crippen molar-refractivity contribution in [2.75, 3.05) is 38.6 Å². The lowest BCUT2D eigenvalue weighted by molar-refractivity contribution is -0.135. The average Bonchev–Trinajstić information content (AvgIpc) is 3.61. The van der Waals surface area contributed by atoms with Crippen LogP contribution in [0.3, 0.4) is 0 Å². The molecule has 0 aliphatic carbocycles. The van der Waals surface area contributed by atoms with Gasteiger partial charge in [0, 0.05) is 73.5 Å². The third-order valence-electron chi connectivity index (χ3n) is 8.35. The van der Waals surface area contributed by atoms with Gasteiger partial charge in [0.15, 0.2) is 5.75 Å². The second-order valence-electron chi connectivity index (χ2n) is 10.9. The van der Waals surface area contributed by atoms with Crippen LogP contribution in [0.25, 0.3) is 11.1 Å². The quantitative estimate of drug-likeness (QED) is 0.373. The standard InChI is InChI=1S/C30H35N7O4/c1-19-29-26(34-30-24(18-41-29)23(6-10-31-30)21-15-32-35(2)16-21)14-25(33-19)20-7-11-36(12-8-20)22-9-13-37(17-22)27(38)4-5-28(39)40-3/h4-6,10,14-16,20,22H,7-9,11-13,17-18H2,1-3H3,(H,31,34)/b5-4+/t22-/m1/s1. The van der Waals surface area contributed by atoms with Gasteiger partial charge in [-0.2, -0.15) is 5.10 Å². The number of amides is 1. The molecule has 0 bridgehead atoms. The molecule has 2 fully saturated rings. The van der Waals surface area contributed by atoms with Crippen molar-refractivity contribution in [1.29, 1.82) is 0 Å². The van der Waals surface area contributed by atoms with Crippen LogP contribution >= 0.6 is 0 Å². The maximum Gasteiger partial charge on any atom is 0.330 e. The van der Waals surface area contributed by atoms with E-state index in [0.29, 0.717) is 31.7 Å². The molecule has 0 spiro atoms. The zero-order valence-corrected chi connectivity index (χ0v) is 23.7. The van der Waals surface area contributed by atoms with Crippen LogP contribution in [0, 0.1) is 6.92 Å². The minimum atomic E-state index is -0.519. The number of aromatic nitrogens is 4. The first-order chi connectivity index (χ1) is 19.9. The smallest absolute Gasteiger partial charge is 0.330 e. The normalized spacial score (nSPS) is 19.3. The summed E-state index contributed by atoms with van der Waals surface area (Å²) in [5.74, 6) is 1.23. The molecule has 3 aromatic rings. The van der Waals surface area contributed by atoms with Crippen molar-refractivity contribution in [1.82, 2.24) is 29.5 Å². The van der Waals surface area contributed by atoms with E-state index >= 15 is 0 Å². The predicted octanol–water partition coefficient (Wildman–Crippen LogP) is 3.33. The van der Waals surface area contributed by atoms with E-state index in [0.717, 1.165) is 77.7 Å². The van der Waals surface area contributed by atoms with Crippen LogP contribution in [-0.2, 0) is 28.0 Å². The van der Waals surface area contributed by atoms with Gasteiger partial charge >= 0.3 is 5.97 Å². The number of ether oxygens (including phenoxy) is 2. The molecule has 41 heavy (non-hydrogen) atoms. The van der Waals surface area contributed by atoms with Crippen LogP contribution in [0.4, 0.5) is 11.5 Å². The molecular weight excluding hydrogens is 522 g/mol. The Morgan fingerprint density at radius 3 is 2.76 bits per heavy atom. The number of rotatable bonds is 5. The molecule has 0 aromatic carbocycles. The molecule has 3 aromatic heterocycles. The third kappa shape index (κ3) is 5.54. The Balaban J connectivity index is 1.12. The predicted molar refractivity (Wildman–Crippen MR) is 153 cm³/mol. The maximum atomic E-state index is 12.5. The number of nitrogens with one attached hydrogen (secondary N) is 1. The Morgan fingerprint density at radius 1 is 1.17 bits per heavy atom. The Labute approximate surface area is 239 Å². The van der Waals surface area contributed by atoms with Crippen LogP contribution in [-0.4, -0.2) is 80.8 Å². The average molecular weight is 558 g/mol. The number of anilines is 2. The zero-order chi connectivity index (χ0) is 28.5. The summed E-state index contributed by atoms with van der Waals surface area (Å²) >= 11 is 0. The molecule has 0 radical (unpaired) electrons. The SMILES string of the molecule is COC(=O)/C=C/C(=O)N1CC[C@@H](N2CCC(c3cc4c(c(C)n3)OCc3c(-c5cnn(C)c5)ccnc3N4)CC2)C1. The van der Waals surface area contributed by atoms with Crippen molar-refractivity contribution in [3.05, 3.63) is 59.8 Å². The lowest BCUT2D eigenvalue weighted by Crippen LogP contribution is -2.43. The molecule has 2 saturated heterocycles. The largest absolute Gasteiger partial charge is 0.485 e.